The third kappa shape index (κ3) is 4.58. The van der Waals surface area contributed by atoms with Crippen molar-refractivity contribution in [2.24, 2.45) is 5.14 Å². The lowest BCUT2D eigenvalue weighted by molar-refractivity contribution is -0.385. The Morgan fingerprint density at radius 1 is 0.969 bits per heavy atom. The SMILES string of the molecule is NS(=O)(=O)c1ccc(Oc2ncnc(N3CCN(c4ccccn4)CC3)c2[N+](=O)[O-])cc1. The van der Waals surface area contributed by atoms with Crippen molar-refractivity contribution in [3.05, 3.63) is 65.1 Å². The van der Waals surface area contributed by atoms with Crippen molar-refractivity contribution in [3.8, 4) is 11.6 Å². The van der Waals surface area contributed by atoms with Gasteiger partial charge in [0.05, 0.1) is 9.82 Å². The molecule has 2 N–H and O–H groups in total. The Hall–Kier alpha value is -3.84. The average molecular weight is 457 g/mol. The summed E-state index contributed by atoms with van der Waals surface area (Å²) in [5.74, 6) is 0.929. The third-order valence-electron chi connectivity index (χ3n) is 4.87. The van der Waals surface area contributed by atoms with Crippen molar-refractivity contribution in [3.63, 3.8) is 0 Å². The number of hydrogen-bond donors (Lipinski definition) is 1. The minimum atomic E-state index is -3.86. The molecule has 0 radical (unpaired) electrons. The molecule has 0 aliphatic carbocycles. The molecule has 0 unspecified atom stereocenters. The van der Waals surface area contributed by atoms with E-state index in [0.717, 1.165) is 5.82 Å². The van der Waals surface area contributed by atoms with Crippen molar-refractivity contribution >= 4 is 27.3 Å². The van der Waals surface area contributed by atoms with Gasteiger partial charge in [-0.2, -0.15) is 4.98 Å². The quantitative estimate of drug-likeness (QED) is 0.425. The van der Waals surface area contributed by atoms with Gasteiger partial charge in [0.2, 0.25) is 15.8 Å². The summed E-state index contributed by atoms with van der Waals surface area (Å²) < 4.78 is 28.4. The molecule has 2 aromatic heterocycles. The van der Waals surface area contributed by atoms with E-state index in [1.165, 1.54) is 30.6 Å². The molecular weight excluding hydrogens is 438 g/mol. The largest absolute Gasteiger partial charge is 0.434 e. The fourth-order valence-electron chi connectivity index (χ4n) is 3.32. The number of pyridine rings is 1. The van der Waals surface area contributed by atoms with Crippen molar-refractivity contribution < 1.29 is 18.1 Å². The molecule has 0 amide bonds. The van der Waals surface area contributed by atoms with Crippen LogP contribution in [0.1, 0.15) is 0 Å². The van der Waals surface area contributed by atoms with Crippen LogP contribution in [0.5, 0.6) is 11.6 Å². The van der Waals surface area contributed by atoms with Gasteiger partial charge in [-0.25, -0.2) is 23.5 Å². The first-order valence-electron chi connectivity index (χ1n) is 9.54. The summed E-state index contributed by atoms with van der Waals surface area (Å²) in [5, 5.41) is 16.9. The molecule has 1 fully saturated rings. The Labute approximate surface area is 183 Å². The summed E-state index contributed by atoms with van der Waals surface area (Å²) in [6.45, 7) is 2.22. The number of ether oxygens (including phenoxy) is 1. The Balaban J connectivity index is 1.56. The molecule has 3 heterocycles. The number of piperazine rings is 1. The number of aromatic nitrogens is 3. The highest BCUT2D eigenvalue weighted by atomic mass is 32.2. The van der Waals surface area contributed by atoms with Crippen LogP contribution in [0.2, 0.25) is 0 Å². The van der Waals surface area contributed by atoms with Crippen LogP contribution in [0.15, 0.2) is 59.9 Å². The monoisotopic (exact) mass is 457 g/mol. The molecule has 12 nitrogen and oxygen atoms in total. The third-order valence-corrected chi connectivity index (χ3v) is 5.80. The molecule has 13 heteroatoms. The molecule has 4 rings (SSSR count). The molecule has 0 spiro atoms. The van der Waals surface area contributed by atoms with Gasteiger partial charge in [-0.1, -0.05) is 6.07 Å². The molecule has 0 atom stereocenters. The second-order valence-electron chi connectivity index (χ2n) is 6.89. The van der Waals surface area contributed by atoms with E-state index in [1.54, 1.807) is 11.1 Å². The maximum absolute atomic E-state index is 11.8. The fraction of sp³-hybridized carbons (Fsp3) is 0.211. The summed E-state index contributed by atoms with van der Waals surface area (Å²) >= 11 is 0. The molecular formula is C19H19N7O5S. The van der Waals surface area contributed by atoms with Crippen LogP contribution in [0.4, 0.5) is 17.3 Å². The van der Waals surface area contributed by atoms with E-state index in [1.807, 2.05) is 18.2 Å². The van der Waals surface area contributed by atoms with Gasteiger partial charge in [-0.05, 0) is 36.4 Å². The minimum absolute atomic E-state index is 0.103. The van der Waals surface area contributed by atoms with Gasteiger partial charge in [0.25, 0.3) is 0 Å². The van der Waals surface area contributed by atoms with Crippen molar-refractivity contribution in [1.82, 2.24) is 15.0 Å². The molecule has 166 valence electrons. The highest BCUT2D eigenvalue weighted by Crippen LogP contribution is 2.36. The lowest BCUT2D eigenvalue weighted by Crippen LogP contribution is -2.47. The predicted octanol–water partition coefficient (Wildman–Crippen LogP) is 1.55. The number of nitrogens with two attached hydrogens (primary N) is 1. The molecule has 3 aromatic rings. The van der Waals surface area contributed by atoms with E-state index in [4.69, 9.17) is 9.88 Å². The van der Waals surface area contributed by atoms with E-state index in [9.17, 15) is 18.5 Å². The van der Waals surface area contributed by atoms with Crippen LogP contribution >= 0.6 is 0 Å². The molecule has 1 saturated heterocycles. The van der Waals surface area contributed by atoms with Crippen molar-refractivity contribution in [1.29, 1.82) is 0 Å². The highest BCUT2D eigenvalue weighted by molar-refractivity contribution is 7.89. The second-order valence-corrected chi connectivity index (χ2v) is 8.45. The maximum atomic E-state index is 11.8. The topological polar surface area (TPSA) is 158 Å². The Bertz CT molecular complexity index is 1210. The normalized spacial score (nSPS) is 14.3. The van der Waals surface area contributed by atoms with E-state index in [-0.39, 0.29) is 28.0 Å². The predicted molar refractivity (Wildman–Crippen MR) is 115 cm³/mol. The number of nitrogens with zero attached hydrogens (tertiary/aromatic N) is 6. The van der Waals surface area contributed by atoms with Crippen LogP contribution in [-0.2, 0) is 10.0 Å². The van der Waals surface area contributed by atoms with Gasteiger partial charge in [0.1, 0.15) is 17.9 Å². The Morgan fingerprint density at radius 3 is 2.25 bits per heavy atom. The summed E-state index contributed by atoms with van der Waals surface area (Å²) in [4.78, 5) is 27.4. The second kappa shape index (κ2) is 8.72. The minimum Gasteiger partial charge on any atom is -0.434 e. The van der Waals surface area contributed by atoms with Gasteiger partial charge >= 0.3 is 11.6 Å². The summed E-state index contributed by atoms with van der Waals surface area (Å²) in [6.07, 6.45) is 2.91. The molecule has 1 aromatic carbocycles. The van der Waals surface area contributed by atoms with Crippen molar-refractivity contribution in [2.45, 2.75) is 4.90 Å². The zero-order chi connectivity index (χ0) is 22.7. The number of anilines is 2. The molecule has 1 aliphatic heterocycles. The number of nitro groups is 1. The smallest absolute Gasteiger partial charge is 0.373 e. The van der Waals surface area contributed by atoms with Crippen LogP contribution in [0.25, 0.3) is 0 Å². The van der Waals surface area contributed by atoms with Crippen LogP contribution in [-0.4, -0.2) is 54.5 Å². The fourth-order valence-corrected chi connectivity index (χ4v) is 3.83. The van der Waals surface area contributed by atoms with Gasteiger partial charge in [0.15, 0.2) is 0 Å². The number of sulfonamides is 1. The van der Waals surface area contributed by atoms with Crippen LogP contribution < -0.4 is 19.7 Å². The van der Waals surface area contributed by atoms with E-state index in [0.29, 0.717) is 26.2 Å². The zero-order valence-electron chi connectivity index (χ0n) is 16.7. The summed E-state index contributed by atoms with van der Waals surface area (Å²) in [5.41, 5.74) is -0.366. The summed E-state index contributed by atoms with van der Waals surface area (Å²) in [6, 6.07) is 10.8. The van der Waals surface area contributed by atoms with Gasteiger partial charge in [0, 0.05) is 32.4 Å². The van der Waals surface area contributed by atoms with E-state index >= 15 is 0 Å². The first-order chi connectivity index (χ1) is 15.3. The van der Waals surface area contributed by atoms with Crippen molar-refractivity contribution in [2.75, 3.05) is 36.0 Å². The van der Waals surface area contributed by atoms with Crippen LogP contribution in [0.3, 0.4) is 0 Å². The number of hydrogen-bond acceptors (Lipinski definition) is 10. The standard InChI is InChI=1S/C19H19N7O5S/c20-32(29,30)15-6-4-14(5-7-15)31-19-17(26(27)28)18(22-13-23-19)25-11-9-24(10-12-25)16-3-1-2-8-21-16/h1-8,13H,9-12H2,(H2,20,29,30). The zero-order valence-corrected chi connectivity index (χ0v) is 17.6. The average Bonchev–Trinajstić information content (AvgIpc) is 2.79. The summed E-state index contributed by atoms with van der Waals surface area (Å²) in [7, 11) is -3.86. The molecule has 0 bridgehead atoms. The molecule has 0 saturated carbocycles. The number of benzene rings is 1. The Kier molecular flexibility index (Phi) is 5.83. The van der Waals surface area contributed by atoms with Gasteiger partial charge in [-0.15, -0.1) is 0 Å². The number of rotatable bonds is 6. The van der Waals surface area contributed by atoms with Gasteiger partial charge in [-0.3, -0.25) is 10.1 Å². The molecule has 1 aliphatic rings. The Morgan fingerprint density at radius 2 is 1.66 bits per heavy atom. The first kappa shape index (κ1) is 21.4. The lowest BCUT2D eigenvalue weighted by Gasteiger charge is -2.35. The lowest BCUT2D eigenvalue weighted by atomic mass is 10.3. The number of primary sulfonamides is 1. The maximum Gasteiger partial charge on any atom is 0.373 e. The first-order valence-corrected chi connectivity index (χ1v) is 11.1. The van der Waals surface area contributed by atoms with E-state index < -0.39 is 14.9 Å². The molecule has 32 heavy (non-hydrogen) atoms. The van der Waals surface area contributed by atoms with E-state index in [2.05, 4.69) is 19.9 Å². The highest BCUT2D eigenvalue weighted by Gasteiger charge is 2.31. The van der Waals surface area contributed by atoms with Crippen LogP contribution in [0, 0.1) is 10.1 Å². The van der Waals surface area contributed by atoms with Gasteiger partial charge < -0.3 is 14.5 Å².